The molecule has 1 aromatic rings. The average Bonchev–Trinajstić information content (AvgIpc) is 2.69. The summed E-state index contributed by atoms with van der Waals surface area (Å²) in [5, 5.41) is 14.7. The van der Waals surface area contributed by atoms with Crippen molar-refractivity contribution in [2.45, 2.75) is 96.6 Å². The Hall–Kier alpha value is -1.55. The molecule has 1 aliphatic carbocycles. The number of hydrogen-bond donors (Lipinski definition) is 2. The highest BCUT2D eigenvalue weighted by molar-refractivity contribution is 5.78. The van der Waals surface area contributed by atoms with Gasteiger partial charge in [0.25, 0.3) is 0 Å². The van der Waals surface area contributed by atoms with E-state index in [9.17, 15) is 9.90 Å². The minimum atomic E-state index is -0.903. The van der Waals surface area contributed by atoms with Crippen molar-refractivity contribution in [2.75, 3.05) is 6.61 Å². The van der Waals surface area contributed by atoms with Crippen molar-refractivity contribution < 1.29 is 14.6 Å². The fourth-order valence-electron chi connectivity index (χ4n) is 4.83. The van der Waals surface area contributed by atoms with E-state index in [4.69, 9.17) is 4.74 Å². The summed E-state index contributed by atoms with van der Waals surface area (Å²) >= 11 is 0. The predicted molar refractivity (Wildman–Crippen MR) is 117 cm³/mol. The Labute approximate surface area is 176 Å². The molecule has 2 aliphatic rings. The molecule has 29 heavy (non-hydrogen) atoms. The van der Waals surface area contributed by atoms with Crippen LogP contribution in [-0.4, -0.2) is 23.7 Å². The molecule has 0 radical (unpaired) electrons. The SMILES string of the molecule is CCCCCCCCc1ccc2c(c1)OC[C@H]1CCC(NC(=O)C(C)C)C[C@@]21O. The second kappa shape index (κ2) is 9.97. The van der Waals surface area contributed by atoms with Crippen molar-refractivity contribution in [3.63, 3.8) is 0 Å². The molecular formula is C25H39NO3. The lowest BCUT2D eigenvalue weighted by atomic mass is 9.68. The van der Waals surface area contributed by atoms with Crippen LogP contribution in [0.25, 0.3) is 0 Å². The highest BCUT2D eigenvalue weighted by atomic mass is 16.5. The minimum absolute atomic E-state index is 0.0277. The molecule has 4 heteroatoms. The first-order valence-corrected chi connectivity index (χ1v) is 11.7. The van der Waals surface area contributed by atoms with Gasteiger partial charge in [0.05, 0.1) is 6.61 Å². The number of ether oxygens (including phenoxy) is 1. The minimum Gasteiger partial charge on any atom is -0.493 e. The largest absolute Gasteiger partial charge is 0.493 e. The molecule has 1 unspecified atom stereocenters. The van der Waals surface area contributed by atoms with E-state index in [1.807, 2.05) is 13.8 Å². The Kier molecular flexibility index (Phi) is 7.61. The molecule has 0 aromatic heterocycles. The van der Waals surface area contributed by atoms with E-state index in [0.29, 0.717) is 13.0 Å². The molecule has 4 nitrogen and oxygen atoms in total. The molecule has 0 bridgehead atoms. The number of fused-ring (bicyclic) bond motifs is 3. The van der Waals surface area contributed by atoms with Gasteiger partial charge in [-0.1, -0.05) is 65.0 Å². The second-order valence-electron chi connectivity index (χ2n) is 9.42. The first-order chi connectivity index (χ1) is 13.9. The number of amides is 1. The lowest BCUT2D eigenvalue weighted by molar-refractivity contribution is -0.128. The van der Waals surface area contributed by atoms with Crippen LogP contribution < -0.4 is 10.1 Å². The van der Waals surface area contributed by atoms with Crippen LogP contribution in [-0.2, 0) is 16.8 Å². The zero-order valence-corrected chi connectivity index (χ0v) is 18.5. The van der Waals surface area contributed by atoms with Gasteiger partial charge in [-0.3, -0.25) is 4.79 Å². The average molecular weight is 402 g/mol. The quantitative estimate of drug-likeness (QED) is 0.565. The maximum absolute atomic E-state index is 12.1. The third-order valence-corrected chi connectivity index (χ3v) is 6.74. The maximum atomic E-state index is 12.1. The summed E-state index contributed by atoms with van der Waals surface area (Å²) in [6, 6.07) is 6.39. The Morgan fingerprint density at radius 3 is 2.72 bits per heavy atom. The Morgan fingerprint density at radius 1 is 1.21 bits per heavy atom. The van der Waals surface area contributed by atoms with Gasteiger partial charge in [0.2, 0.25) is 5.91 Å². The van der Waals surface area contributed by atoms with Gasteiger partial charge in [-0.25, -0.2) is 0 Å². The summed E-state index contributed by atoms with van der Waals surface area (Å²) in [4.78, 5) is 12.1. The number of nitrogens with one attached hydrogen (secondary N) is 1. The van der Waals surface area contributed by atoms with Crippen LogP contribution in [0.3, 0.4) is 0 Å². The van der Waals surface area contributed by atoms with Crippen molar-refractivity contribution in [3.8, 4) is 5.75 Å². The molecule has 162 valence electrons. The number of aryl methyl sites for hydroxylation is 1. The van der Waals surface area contributed by atoms with Gasteiger partial charge in [0.1, 0.15) is 11.4 Å². The van der Waals surface area contributed by atoms with Crippen molar-refractivity contribution in [3.05, 3.63) is 29.3 Å². The number of carbonyl (C=O) groups excluding carboxylic acids is 1. The van der Waals surface area contributed by atoms with E-state index in [1.165, 1.54) is 44.1 Å². The summed E-state index contributed by atoms with van der Waals surface area (Å²) < 4.78 is 6.07. The lowest BCUT2D eigenvalue weighted by Crippen LogP contribution is -2.52. The number of carbonyl (C=O) groups is 1. The van der Waals surface area contributed by atoms with Gasteiger partial charge in [-0.2, -0.15) is 0 Å². The van der Waals surface area contributed by atoms with Crippen LogP contribution >= 0.6 is 0 Å². The zero-order valence-electron chi connectivity index (χ0n) is 18.5. The van der Waals surface area contributed by atoms with Gasteiger partial charge in [-0.15, -0.1) is 0 Å². The number of unbranched alkanes of at least 4 members (excludes halogenated alkanes) is 5. The molecule has 3 atom stereocenters. The standard InChI is InChI=1S/C25H39NO3/c1-4-5-6-7-8-9-10-19-11-14-22-23(15-19)29-17-20-12-13-21(16-25(20,22)28)26-24(27)18(2)3/h11,14-15,18,20-21,28H,4-10,12-13,16-17H2,1-3H3,(H,26,27)/t20-,21?,25+/m1/s1. The maximum Gasteiger partial charge on any atom is 0.222 e. The first kappa shape index (κ1) is 22.1. The third kappa shape index (κ3) is 5.33. The Morgan fingerprint density at radius 2 is 1.97 bits per heavy atom. The van der Waals surface area contributed by atoms with Crippen molar-refractivity contribution in [1.29, 1.82) is 0 Å². The van der Waals surface area contributed by atoms with Crippen LogP contribution in [0.4, 0.5) is 0 Å². The smallest absolute Gasteiger partial charge is 0.222 e. The molecule has 2 N–H and O–H groups in total. The van der Waals surface area contributed by atoms with Crippen molar-refractivity contribution in [2.24, 2.45) is 11.8 Å². The Balaban J connectivity index is 1.63. The van der Waals surface area contributed by atoms with Crippen LogP contribution in [0.15, 0.2) is 18.2 Å². The number of aliphatic hydroxyl groups is 1. The van der Waals surface area contributed by atoms with E-state index < -0.39 is 5.60 Å². The topological polar surface area (TPSA) is 58.6 Å². The highest BCUT2D eigenvalue weighted by Gasteiger charge is 2.48. The zero-order chi connectivity index (χ0) is 20.9. The van der Waals surface area contributed by atoms with E-state index in [-0.39, 0.29) is 23.8 Å². The number of benzene rings is 1. The normalized spacial score (nSPS) is 25.8. The molecule has 1 aromatic carbocycles. The molecule has 1 fully saturated rings. The van der Waals surface area contributed by atoms with E-state index >= 15 is 0 Å². The summed E-state index contributed by atoms with van der Waals surface area (Å²) in [5.41, 5.74) is 1.30. The molecule has 3 rings (SSSR count). The predicted octanol–water partition coefficient (Wildman–Crippen LogP) is 5.11. The van der Waals surface area contributed by atoms with Crippen molar-refractivity contribution in [1.82, 2.24) is 5.32 Å². The van der Waals surface area contributed by atoms with E-state index in [0.717, 1.165) is 30.6 Å². The van der Waals surface area contributed by atoms with E-state index in [2.05, 4.69) is 30.4 Å². The molecule has 0 saturated heterocycles. The fraction of sp³-hybridized carbons (Fsp3) is 0.720. The van der Waals surface area contributed by atoms with Crippen LogP contribution in [0.1, 0.15) is 89.7 Å². The summed E-state index contributed by atoms with van der Waals surface area (Å²) in [5.74, 6) is 0.974. The number of hydrogen-bond acceptors (Lipinski definition) is 3. The molecule has 1 aliphatic heterocycles. The van der Waals surface area contributed by atoms with Crippen LogP contribution in [0, 0.1) is 11.8 Å². The van der Waals surface area contributed by atoms with Gasteiger partial charge >= 0.3 is 0 Å². The summed E-state index contributed by atoms with van der Waals surface area (Å²) in [6.07, 6.45) is 11.2. The second-order valence-corrected chi connectivity index (χ2v) is 9.42. The Bertz CT molecular complexity index is 687. The van der Waals surface area contributed by atoms with Crippen LogP contribution in [0.2, 0.25) is 0 Å². The lowest BCUT2D eigenvalue weighted by Gasteiger charge is -2.47. The fourth-order valence-corrected chi connectivity index (χ4v) is 4.83. The molecule has 1 heterocycles. The highest BCUT2D eigenvalue weighted by Crippen LogP contribution is 2.48. The molecule has 1 amide bonds. The first-order valence-electron chi connectivity index (χ1n) is 11.7. The molecule has 0 spiro atoms. The van der Waals surface area contributed by atoms with Gasteiger partial charge < -0.3 is 15.2 Å². The van der Waals surface area contributed by atoms with E-state index in [1.54, 1.807) is 0 Å². The molecule has 1 saturated carbocycles. The summed E-state index contributed by atoms with van der Waals surface area (Å²) in [7, 11) is 0. The van der Waals surface area contributed by atoms with Gasteiger partial charge in [0.15, 0.2) is 0 Å². The third-order valence-electron chi connectivity index (χ3n) is 6.74. The van der Waals surface area contributed by atoms with Crippen LogP contribution in [0.5, 0.6) is 5.75 Å². The van der Waals surface area contributed by atoms with Crippen molar-refractivity contribution >= 4 is 5.91 Å². The number of rotatable bonds is 9. The molecular weight excluding hydrogens is 362 g/mol. The van der Waals surface area contributed by atoms with Gasteiger partial charge in [-0.05, 0) is 37.3 Å². The monoisotopic (exact) mass is 401 g/mol. The summed E-state index contributed by atoms with van der Waals surface area (Å²) in [6.45, 7) is 6.63. The van der Waals surface area contributed by atoms with Gasteiger partial charge in [0, 0.05) is 29.9 Å².